The summed E-state index contributed by atoms with van der Waals surface area (Å²) in [7, 11) is 1.16. The summed E-state index contributed by atoms with van der Waals surface area (Å²) in [6.07, 6.45) is 0.414. The van der Waals surface area contributed by atoms with Gasteiger partial charge in [-0.1, -0.05) is 48.0 Å². The number of nitrogens with zero attached hydrogens (tertiary/aromatic N) is 3. The van der Waals surface area contributed by atoms with Gasteiger partial charge >= 0.3 is 18.2 Å². The second-order valence-electron chi connectivity index (χ2n) is 13.9. The van der Waals surface area contributed by atoms with Gasteiger partial charge in [0, 0.05) is 29.2 Å². The number of nitrogens with one attached hydrogen (secondary N) is 4. The number of ketones is 1. The molecule has 17 heteroatoms. The summed E-state index contributed by atoms with van der Waals surface area (Å²) in [5, 5.41) is 11.8. The van der Waals surface area contributed by atoms with Crippen molar-refractivity contribution in [1.82, 2.24) is 25.6 Å². The molecule has 13 nitrogen and oxygen atoms in total. The zero-order chi connectivity index (χ0) is 40.6. The van der Waals surface area contributed by atoms with Gasteiger partial charge in [0.1, 0.15) is 6.04 Å². The van der Waals surface area contributed by atoms with Crippen LogP contribution in [0.4, 0.5) is 30.8 Å². The van der Waals surface area contributed by atoms with E-state index >= 15 is 0 Å². The topological polar surface area (TPSA) is 174 Å². The van der Waals surface area contributed by atoms with Gasteiger partial charge < -0.3 is 30.7 Å². The van der Waals surface area contributed by atoms with Crippen LogP contribution in [-0.4, -0.2) is 71.0 Å². The number of aryl methyl sites for hydroxylation is 1. The van der Waals surface area contributed by atoms with E-state index in [4.69, 9.17) is 21.1 Å². The first kappa shape index (κ1) is 40.9. The minimum absolute atomic E-state index is 0.0202. The molecule has 1 unspecified atom stereocenters. The van der Waals surface area contributed by atoms with Crippen LogP contribution in [0.15, 0.2) is 72.8 Å². The number of hydrogen-bond acceptors (Lipinski definition) is 11. The van der Waals surface area contributed by atoms with Gasteiger partial charge in [-0.15, -0.1) is 0 Å². The van der Waals surface area contributed by atoms with Crippen molar-refractivity contribution >= 4 is 52.8 Å². The number of anilines is 3. The quantitative estimate of drug-likeness (QED) is 0.0673. The number of Topliss-reactive ketones (excluding diaryl/α,β-unsaturated/α-hetero) is 1. The molecule has 4 N–H and O–H groups in total. The Balaban J connectivity index is 1.04. The minimum Gasteiger partial charge on any atom is -0.467 e. The third-order valence-electron chi connectivity index (χ3n) is 9.86. The molecule has 2 amide bonds. The Kier molecular flexibility index (Phi) is 12.9. The first-order chi connectivity index (χ1) is 27.3. The fourth-order valence-electron chi connectivity index (χ4n) is 6.74. The number of carbonyl (C=O) groups is 4. The Hall–Kier alpha value is -5.77. The fourth-order valence-corrected chi connectivity index (χ4v) is 6.87. The predicted octanol–water partition coefficient (Wildman–Crippen LogP) is 6.56. The first-order valence-electron chi connectivity index (χ1n) is 18.5. The van der Waals surface area contributed by atoms with E-state index in [2.05, 4.69) is 48.4 Å². The molecule has 1 saturated carbocycles. The summed E-state index contributed by atoms with van der Waals surface area (Å²) in [5.41, 5.74) is 3.39. The van der Waals surface area contributed by atoms with Crippen LogP contribution in [0.3, 0.4) is 0 Å². The van der Waals surface area contributed by atoms with Crippen LogP contribution < -0.4 is 26.0 Å². The van der Waals surface area contributed by atoms with Crippen LogP contribution in [0.5, 0.6) is 6.01 Å². The fraction of sp³-hybridized carbons (Fsp3) is 0.375. The summed E-state index contributed by atoms with van der Waals surface area (Å²) < 4.78 is 48.6. The molecule has 6 rings (SSSR count). The molecule has 1 aromatic heterocycles. The number of amides is 2. The van der Waals surface area contributed by atoms with E-state index in [1.807, 2.05) is 24.3 Å². The Morgan fingerprint density at radius 2 is 1.67 bits per heavy atom. The Bertz CT molecular complexity index is 2080. The second-order valence-corrected chi connectivity index (χ2v) is 14.4. The lowest BCUT2D eigenvalue weighted by Gasteiger charge is -2.25. The standard InChI is InChI=1S/C40H41ClF3N7O6/c1-56-35(55)31(19-22-45-34(54)32(52)18-11-25-7-4-6-24-5-2-3-8-30(24)25)47-33(53)26-9-16-29(17-10-26)46-36-48-37(50-38(49-36)57-23-40(42,43)44)51-39(20-21-39)27-12-14-28(41)15-13-27/h2-3,5,8-10,12-17,25,31H,4,6-7,11,18-23H2,1H3,(H,45,54)(H,47,53)(H2,46,48,49,50,51)/t25?,31-/m0/s1. The molecule has 57 heavy (non-hydrogen) atoms. The molecule has 300 valence electrons. The number of alkyl halides is 3. The van der Waals surface area contributed by atoms with Crippen LogP contribution in [0.25, 0.3) is 0 Å². The van der Waals surface area contributed by atoms with Crippen LogP contribution in [0.2, 0.25) is 5.02 Å². The van der Waals surface area contributed by atoms with Crippen molar-refractivity contribution in [1.29, 1.82) is 0 Å². The van der Waals surface area contributed by atoms with Gasteiger partial charge in [-0.2, -0.15) is 28.1 Å². The van der Waals surface area contributed by atoms with Gasteiger partial charge in [-0.05, 0) is 104 Å². The predicted molar refractivity (Wildman–Crippen MR) is 204 cm³/mol. The normalized spacial score (nSPS) is 16.0. The van der Waals surface area contributed by atoms with Gasteiger partial charge in [-0.25, -0.2) is 4.79 Å². The molecular formula is C40H41ClF3N7O6. The highest BCUT2D eigenvalue weighted by molar-refractivity contribution is 6.36. The molecule has 1 fully saturated rings. The van der Waals surface area contributed by atoms with Crippen LogP contribution in [-0.2, 0) is 31.1 Å². The van der Waals surface area contributed by atoms with E-state index in [1.54, 1.807) is 12.1 Å². The number of aromatic nitrogens is 3. The van der Waals surface area contributed by atoms with Crippen molar-refractivity contribution in [2.24, 2.45) is 0 Å². The molecule has 0 radical (unpaired) electrons. The van der Waals surface area contributed by atoms with E-state index in [0.717, 1.165) is 31.9 Å². The molecule has 2 aliphatic carbocycles. The van der Waals surface area contributed by atoms with Crippen LogP contribution >= 0.6 is 11.6 Å². The van der Waals surface area contributed by atoms with E-state index in [0.29, 0.717) is 30.0 Å². The molecule has 0 saturated heterocycles. The molecule has 0 bridgehead atoms. The number of carbonyl (C=O) groups excluding carboxylic acids is 4. The van der Waals surface area contributed by atoms with Gasteiger partial charge in [0.2, 0.25) is 17.7 Å². The van der Waals surface area contributed by atoms with Crippen molar-refractivity contribution in [3.8, 4) is 6.01 Å². The summed E-state index contributed by atoms with van der Waals surface area (Å²) in [6.45, 7) is -1.69. The zero-order valence-corrected chi connectivity index (χ0v) is 31.7. The van der Waals surface area contributed by atoms with Gasteiger partial charge in [-0.3, -0.25) is 14.4 Å². The molecule has 0 spiro atoms. The van der Waals surface area contributed by atoms with Gasteiger partial charge in [0.25, 0.3) is 11.8 Å². The monoisotopic (exact) mass is 807 g/mol. The highest BCUT2D eigenvalue weighted by Gasteiger charge is 2.45. The number of benzene rings is 3. The van der Waals surface area contributed by atoms with E-state index in [1.165, 1.54) is 35.4 Å². The minimum atomic E-state index is -4.63. The molecule has 2 atom stereocenters. The third-order valence-corrected chi connectivity index (χ3v) is 10.1. The molecule has 2 aliphatic rings. The maximum absolute atomic E-state index is 13.2. The first-order valence-corrected chi connectivity index (χ1v) is 18.8. The lowest BCUT2D eigenvalue weighted by atomic mass is 9.80. The number of rotatable bonds is 17. The molecule has 3 aromatic carbocycles. The van der Waals surface area contributed by atoms with Crippen LogP contribution in [0, 0.1) is 0 Å². The van der Waals surface area contributed by atoms with E-state index in [-0.39, 0.29) is 42.8 Å². The Labute approximate surface area is 331 Å². The maximum Gasteiger partial charge on any atom is 0.422 e. The number of ether oxygens (including phenoxy) is 2. The van der Waals surface area contributed by atoms with E-state index < -0.39 is 53.9 Å². The summed E-state index contributed by atoms with van der Waals surface area (Å²) in [4.78, 5) is 63.3. The largest absolute Gasteiger partial charge is 0.467 e. The number of fused-ring (bicyclic) bond motifs is 1. The van der Waals surface area contributed by atoms with Crippen molar-refractivity contribution in [2.45, 2.75) is 75.0 Å². The molecule has 1 heterocycles. The highest BCUT2D eigenvalue weighted by atomic mass is 35.5. The van der Waals surface area contributed by atoms with Gasteiger partial charge in [0.05, 0.1) is 12.6 Å². The lowest BCUT2D eigenvalue weighted by Crippen LogP contribution is -2.44. The third kappa shape index (κ3) is 11.2. The maximum atomic E-state index is 13.2. The molecule has 4 aromatic rings. The summed E-state index contributed by atoms with van der Waals surface area (Å²) >= 11 is 6.04. The average Bonchev–Trinajstić information content (AvgIpc) is 3.98. The van der Waals surface area contributed by atoms with Gasteiger partial charge in [0.15, 0.2) is 6.61 Å². The SMILES string of the molecule is COC(=O)[C@H](CCNC(=O)C(=O)CCC1CCCc2ccccc21)NC(=O)c1ccc(Nc2nc(NC3(c4ccc(Cl)cc4)CC3)nc(OCC(F)(F)F)n2)cc1. The number of esters is 1. The van der Waals surface area contributed by atoms with E-state index in [9.17, 15) is 32.3 Å². The second kappa shape index (κ2) is 18.0. The van der Waals surface area contributed by atoms with Crippen molar-refractivity contribution in [3.63, 3.8) is 0 Å². The molecular weight excluding hydrogens is 767 g/mol. The Morgan fingerprint density at radius 1 is 0.947 bits per heavy atom. The Morgan fingerprint density at radius 3 is 2.37 bits per heavy atom. The number of methoxy groups -OCH3 is 1. The molecule has 0 aliphatic heterocycles. The van der Waals surface area contributed by atoms with Crippen molar-refractivity contribution < 1.29 is 41.8 Å². The smallest absolute Gasteiger partial charge is 0.422 e. The van der Waals surface area contributed by atoms with Crippen molar-refractivity contribution in [3.05, 3.63) is 100 Å². The zero-order valence-electron chi connectivity index (χ0n) is 31.0. The van der Waals surface area contributed by atoms with Crippen molar-refractivity contribution in [2.75, 3.05) is 30.9 Å². The lowest BCUT2D eigenvalue weighted by molar-refractivity contribution is -0.154. The summed E-state index contributed by atoms with van der Waals surface area (Å²) in [6, 6.07) is 19.5. The van der Waals surface area contributed by atoms with Crippen LogP contribution in [0.1, 0.15) is 77.9 Å². The number of halogens is 4. The highest BCUT2D eigenvalue weighted by Crippen LogP contribution is 2.48. The summed E-state index contributed by atoms with van der Waals surface area (Å²) in [5.74, 6) is -2.61. The number of hydrogen-bond donors (Lipinski definition) is 4. The average molecular weight is 808 g/mol.